The maximum absolute atomic E-state index is 6.33. The predicted molar refractivity (Wildman–Crippen MR) is 81.1 cm³/mol. The Morgan fingerprint density at radius 1 is 1.35 bits per heavy atom. The minimum atomic E-state index is 0.243. The van der Waals surface area contributed by atoms with Crippen LogP contribution in [0.3, 0.4) is 0 Å². The molecule has 2 aromatic rings. The van der Waals surface area contributed by atoms with E-state index in [0.717, 1.165) is 36.5 Å². The fourth-order valence-electron chi connectivity index (χ4n) is 3.35. The molecule has 4 heteroatoms. The minimum Gasteiger partial charge on any atom is -0.497 e. The summed E-state index contributed by atoms with van der Waals surface area (Å²) in [5.74, 6) is 2.41. The van der Waals surface area contributed by atoms with Crippen molar-refractivity contribution < 1.29 is 4.74 Å². The first-order valence-corrected chi connectivity index (χ1v) is 7.54. The van der Waals surface area contributed by atoms with Gasteiger partial charge in [-0.3, -0.25) is 0 Å². The van der Waals surface area contributed by atoms with E-state index in [2.05, 4.69) is 17.6 Å². The van der Waals surface area contributed by atoms with E-state index in [4.69, 9.17) is 15.5 Å². The van der Waals surface area contributed by atoms with Gasteiger partial charge in [0.1, 0.15) is 11.6 Å². The average molecular weight is 273 g/mol. The molecule has 1 saturated carbocycles. The molecule has 0 aliphatic heterocycles. The van der Waals surface area contributed by atoms with Crippen molar-refractivity contribution >= 4 is 11.0 Å². The zero-order chi connectivity index (χ0) is 14.1. The Morgan fingerprint density at radius 2 is 2.15 bits per heavy atom. The van der Waals surface area contributed by atoms with Crippen molar-refractivity contribution in [2.24, 2.45) is 5.73 Å². The summed E-state index contributed by atoms with van der Waals surface area (Å²) in [6, 6.07) is 6.36. The first-order chi connectivity index (χ1) is 9.74. The summed E-state index contributed by atoms with van der Waals surface area (Å²) in [5, 5.41) is 0. The lowest BCUT2D eigenvalue weighted by atomic mass is 9.84. The van der Waals surface area contributed by atoms with E-state index in [1.807, 2.05) is 12.1 Å². The van der Waals surface area contributed by atoms with E-state index in [0.29, 0.717) is 5.92 Å². The summed E-state index contributed by atoms with van der Waals surface area (Å²) in [4.78, 5) is 4.87. The normalized spacial score (nSPS) is 23.1. The maximum Gasteiger partial charge on any atom is 0.121 e. The fraction of sp³-hybridized carbons (Fsp3) is 0.562. The molecule has 0 spiro atoms. The molecule has 20 heavy (non-hydrogen) atoms. The van der Waals surface area contributed by atoms with E-state index in [-0.39, 0.29) is 6.04 Å². The molecule has 2 N–H and O–H groups in total. The van der Waals surface area contributed by atoms with Gasteiger partial charge in [-0.25, -0.2) is 4.98 Å². The van der Waals surface area contributed by atoms with Crippen LogP contribution in [0.4, 0.5) is 0 Å². The quantitative estimate of drug-likeness (QED) is 0.935. The lowest BCUT2D eigenvalue weighted by Crippen LogP contribution is -2.33. The minimum absolute atomic E-state index is 0.243. The Bertz CT molecular complexity index is 605. The van der Waals surface area contributed by atoms with Crippen molar-refractivity contribution in [3.05, 3.63) is 24.0 Å². The standard InChI is InChI=1S/C16H23N3O/c1-3-19-15-9-8-11(20-2)10-14(15)18-16(19)12-6-4-5-7-13(12)17/h8-10,12-13H,3-7,17H2,1-2H3. The van der Waals surface area contributed by atoms with Crippen molar-refractivity contribution in [2.45, 2.75) is 51.1 Å². The number of fused-ring (bicyclic) bond motifs is 1. The van der Waals surface area contributed by atoms with E-state index >= 15 is 0 Å². The van der Waals surface area contributed by atoms with Crippen LogP contribution in [0.2, 0.25) is 0 Å². The monoisotopic (exact) mass is 273 g/mol. The number of methoxy groups -OCH3 is 1. The van der Waals surface area contributed by atoms with Crippen LogP contribution in [0, 0.1) is 0 Å². The van der Waals surface area contributed by atoms with Crippen molar-refractivity contribution in [1.29, 1.82) is 0 Å². The van der Waals surface area contributed by atoms with Crippen LogP contribution in [0.15, 0.2) is 18.2 Å². The zero-order valence-corrected chi connectivity index (χ0v) is 12.3. The van der Waals surface area contributed by atoms with Gasteiger partial charge < -0.3 is 15.0 Å². The summed E-state index contributed by atoms with van der Waals surface area (Å²) in [6.07, 6.45) is 4.77. The number of aromatic nitrogens is 2. The largest absolute Gasteiger partial charge is 0.497 e. The summed E-state index contributed by atoms with van der Waals surface area (Å²) < 4.78 is 7.61. The molecular weight excluding hydrogens is 250 g/mol. The second-order valence-corrected chi connectivity index (χ2v) is 5.62. The number of nitrogens with two attached hydrogens (primary N) is 1. The molecule has 2 atom stereocenters. The molecular formula is C16H23N3O. The third-order valence-corrected chi connectivity index (χ3v) is 4.45. The Kier molecular flexibility index (Phi) is 3.66. The number of aryl methyl sites for hydroxylation is 1. The van der Waals surface area contributed by atoms with Gasteiger partial charge >= 0.3 is 0 Å². The first kappa shape index (κ1) is 13.4. The highest BCUT2D eigenvalue weighted by Gasteiger charge is 2.28. The molecule has 2 unspecified atom stereocenters. The van der Waals surface area contributed by atoms with Crippen LogP contribution in [-0.2, 0) is 6.54 Å². The number of hydrogen-bond acceptors (Lipinski definition) is 3. The van der Waals surface area contributed by atoms with Gasteiger partial charge in [0.2, 0.25) is 0 Å². The Balaban J connectivity index is 2.09. The van der Waals surface area contributed by atoms with Crippen molar-refractivity contribution in [3.63, 3.8) is 0 Å². The predicted octanol–water partition coefficient (Wildman–Crippen LogP) is 3.05. The summed E-state index contributed by atoms with van der Waals surface area (Å²) in [7, 11) is 1.69. The van der Waals surface area contributed by atoms with Crippen LogP contribution >= 0.6 is 0 Å². The summed E-state index contributed by atoms with van der Waals surface area (Å²) in [6.45, 7) is 3.10. The Morgan fingerprint density at radius 3 is 2.85 bits per heavy atom. The highest BCUT2D eigenvalue weighted by atomic mass is 16.5. The van der Waals surface area contributed by atoms with Gasteiger partial charge in [-0.2, -0.15) is 0 Å². The third-order valence-electron chi connectivity index (χ3n) is 4.45. The van der Waals surface area contributed by atoms with Crippen LogP contribution in [0.5, 0.6) is 5.75 Å². The zero-order valence-electron chi connectivity index (χ0n) is 12.3. The highest BCUT2D eigenvalue weighted by Crippen LogP contribution is 2.34. The SMILES string of the molecule is CCn1c(C2CCCCC2N)nc2cc(OC)ccc21. The number of hydrogen-bond donors (Lipinski definition) is 1. The molecule has 0 radical (unpaired) electrons. The van der Waals surface area contributed by atoms with Crippen LogP contribution in [0.1, 0.15) is 44.3 Å². The first-order valence-electron chi connectivity index (χ1n) is 7.54. The third kappa shape index (κ3) is 2.18. The number of rotatable bonds is 3. The lowest BCUT2D eigenvalue weighted by Gasteiger charge is -2.28. The molecule has 1 heterocycles. The van der Waals surface area contributed by atoms with Crippen LogP contribution in [0.25, 0.3) is 11.0 Å². The summed E-state index contributed by atoms with van der Waals surface area (Å²) >= 11 is 0. The van der Waals surface area contributed by atoms with Crippen LogP contribution in [-0.4, -0.2) is 22.7 Å². The number of imidazole rings is 1. The Hall–Kier alpha value is -1.55. The number of nitrogens with zero attached hydrogens (tertiary/aromatic N) is 2. The molecule has 3 rings (SSSR count). The van der Waals surface area contributed by atoms with Gasteiger partial charge in [-0.15, -0.1) is 0 Å². The molecule has 1 aliphatic rings. The van der Waals surface area contributed by atoms with Crippen molar-refractivity contribution in [1.82, 2.24) is 9.55 Å². The van der Waals surface area contributed by atoms with Gasteiger partial charge in [-0.05, 0) is 31.9 Å². The second kappa shape index (κ2) is 5.44. The van der Waals surface area contributed by atoms with Gasteiger partial charge in [0.05, 0.1) is 18.1 Å². The molecule has 1 aliphatic carbocycles. The molecule has 108 valence electrons. The fourth-order valence-corrected chi connectivity index (χ4v) is 3.35. The van der Waals surface area contributed by atoms with Gasteiger partial charge in [0, 0.05) is 24.6 Å². The van der Waals surface area contributed by atoms with Crippen LogP contribution < -0.4 is 10.5 Å². The lowest BCUT2D eigenvalue weighted by molar-refractivity contribution is 0.366. The molecule has 1 aromatic carbocycles. The second-order valence-electron chi connectivity index (χ2n) is 5.62. The maximum atomic E-state index is 6.33. The molecule has 1 fully saturated rings. The van der Waals surface area contributed by atoms with Gasteiger partial charge in [-0.1, -0.05) is 12.8 Å². The summed E-state index contributed by atoms with van der Waals surface area (Å²) in [5.41, 5.74) is 8.53. The molecule has 0 bridgehead atoms. The van der Waals surface area contributed by atoms with E-state index in [1.165, 1.54) is 18.4 Å². The molecule has 0 amide bonds. The van der Waals surface area contributed by atoms with Crippen molar-refractivity contribution in [2.75, 3.05) is 7.11 Å². The van der Waals surface area contributed by atoms with E-state index in [1.54, 1.807) is 7.11 Å². The van der Waals surface area contributed by atoms with Crippen molar-refractivity contribution in [3.8, 4) is 5.75 Å². The number of benzene rings is 1. The smallest absolute Gasteiger partial charge is 0.121 e. The molecule has 0 saturated heterocycles. The van der Waals surface area contributed by atoms with Gasteiger partial charge in [0.25, 0.3) is 0 Å². The molecule has 4 nitrogen and oxygen atoms in total. The highest BCUT2D eigenvalue weighted by molar-refractivity contribution is 5.78. The van der Waals surface area contributed by atoms with E-state index < -0.39 is 0 Å². The Labute approximate surface area is 119 Å². The average Bonchev–Trinajstić information content (AvgIpc) is 2.84. The number of ether oxygens (including phenoxy) is 1. The van der Waals surface area contributed by atoms with Gasteiger partial charge in [0.15, 0.2) is 0 Å². The molecule has 1 aromatic heterocycles. The van der Waals surface area contributed by atoms with E-state index in [9.17, 15) is 0 Å². The topological polar surface area (TPSA) is 53.1 Å².